The van der Waals surface area contributed by atoms with Crippen molar-refractivity contribution in [1.29, 1.82) is 0 Å². The number of hydrogen-bond donors (Lipinski definition) is 2. The second-order valence-corrected chi connectivity index (χ2v) is 3.37. The molecule has 16 heavy (non-hydrogen) atoms. The average Bonchev–Trinajstić information content (AvgIpc) is 2.20. The summed E-state index contributed by atoms with van der Waals surface area (Å²) in [6.45, 7) is 1.62. The van der Waals surface area contributed by atoms with Gasteiger partial charge >= 0.3 is 0 Å². The van der Waals surface area contributed by atoms with Crippen molar-refractivity contribution >= 4 is 11.0 Å². The van der Waals surface area contributed by atoms with Gasteiger partial charge in [0.1, 0.15) is 16.7 Å². The maximum absolute atomic E-state index is 11.7. The minimum atomic E-state index is -0.467. The van der Waals surface area contributed by atoms with Crippen molar-refractivity contribution in [2.24, 2.45) is 0 Å². The van der Waals surface area contributed by atoms with Crippen LogP contribution in [0, 0.1) is 6.92 Å². The highest BCUT2D eigenvalue weighted by atomic mass is 16.5. The van der Waals surface area contributed by atoms with Crippen LogP contribution in [-0.4, -0.2) is 17.3 Å². The van der Waals surface area contributed by atoms with Crippen LogP contribution in [0.4, 0.5) is 0 Å². The molecule has 5 heteroatoms. The second kappa shape index (κ2) is 3.44. The number of benzene rings is 1. The van der Waals surface area contributed by atoms with Crippen molar-refractivity contribution in [2.45, 2.75) is 6.92 Å². The van der Waals surface area contributed by atoms with Gasteiger partial charge in [0, 0.05) is 12.1 Å². The quantitative estimate of drug-likeness (QED) is 0.715. The normalized spacial score (nSPS) is 10.6. The maximum Gasteiger partial charge on any atom is 0.201 e. The van der Waals surface area contributed by atoms with Gasteiger partial charge in [0.15, 0.2) is 16.9 Å². The van der Waals surface area contributed by atoms with E-state index in [0.717, 1.165) is 0 Å². The highest BCUT2D eigenvalue weighted by molar-refractivity contribution is 5.88. The third kappa shape index (κ3) is 1.37. The molecule has 0 saturated carbocycles. The lowest BCUT2D eigenvalue weighted by atomic mass is 10.1. The van der Waals surface area contributed by atoms with E-state index in [-0.39, 0.29) is 22.1 Å². The number of phenols is 2. The van der Waals surface area contributed by atoms with Gasteiger partial charge in [0.25, 0.3) is 0 Å². The molecule has 2 rings (SSSR count). The number of aryl methyl sites for hydroxylation is 1. The molecule has 84 valence electrons. The first-order valence-corrected chi connectivity index (χ1v) is 4.58. The van der Waals surface area contributed by atoms with Gasteiger partial charge < -0.3 is 19.4 Å². The van der Waals surface area contributed by atoms with Crippen LogP contribution in [0.3, 0.4) is 0 Å². The number of fused-ring (bicyclic) bond motifs is 1. The van der Waals surface area contributed by atoms with Gasteiger partial charge in [-0.2, -0.15) is 0 Å². The standard InChI is InChI=1S/C11H10O5/c1-5-3-6(12)9-8(16-5)4-7(13)10(14)11(9)15-2/h3-4,13-14H,1-2H3. The minimum absolute atomic E-state index is 0.0799. The zero-order chi connectivity index (χ0) is 11.9. The first-order chi connectivity index (χ1) is 7.54. The van der Waals surface area contributed by atoms with Crippen molar-refractivity contribution in [3.05, 3.63) is 28.1 Å². The third-order valence-electron chi connectivity index (χ3n) is 2.25. The van der Waals surface area contributed by atoms with Gasteiger partial charge in [-0.15, -0.1) is 0 Å². The summed E-state index contributed by atoms with van der Waals surface area (Å²) in [6.07, 6.45) is 0. The van der Waals surface area contributed by atoms with Gasteiger partial charge in [0.2, 0.25) is 5.75 Å². The molecular weight excluding hydrogens is 212 g/mol. The zero-order valence-electron chi connectivity index (χ0n) is 8.77. The lowest BCUT2D eigenvalue weighted by Gasteiger charge is -2.08. The molecule has 0 saturated heterocycles. The van der Waals surface area contributed by atoms with E-state index in [4.69, 9.17) is 9.15 Å². The number of methoxy groups -OCH3 is 1. The van der Waals surface area contributed by atoms with E-state index in [1.165, 1.54) is 19.2 Å². The summed E-state index contributed by atoms with van der Waals surface area (Å²) in [6, 6.07) is 2.48. The van der Waals surface area contributed by atoms with E-state index < -0.39 is 11.5 Å². The molecular formula is C11H10O5. The highest BCUT2D eigenvalue weighted by Gasteiger charge is 2.17. The van der Waals surface area contributed by atoms with Crippen molar-refractivity contribution in [1.82, 2.24) is 0 Å². The van der Waals surface area contributed by atoms with E-state index in [0.29, 0.717) is 5.76 Å². The minimum Gasteiger partial charge on any atom is -0.504 e. The van der Waals surface area contributed by atoms with Crippen molar-refractivity contribution < 1.29 is 19.4 Å². The van der Waals surface area contributed by atoms with Crippen molar-refractivity contribution in [3.8, 4) is 17.2 Å². The Hall–Kier alpha value is -2.17. The summed E-state index contributed by atoms with van der Waals surface area (Å²) >= 11 is 0. The molecule has 0 atom stereocenters. The molecule has 1 heterocycles. The average molecular weight is 222 g/mol. The summed E-state index contributed by atoms with van der Waals surface area (Å²) in [4.78, 5) is 11.7. The van der Waals surface area contributed by atoms with Crippen molar-refractivity contribution in [2.75, 3.05) is 7.11 Å². The van der Waals surface area contributed by atoms with Crippen LogP contribution in [0.1, 0.15) is 5.76 Å². The van der Waals surface area contributed by atoms with E-state index in [1.54, 1.807) is 6.92 Å². The molecule has 0 unspecified atom stereocenters. The first kappa shape index (κ1) is 10.4. The predicted molar refractivity (Wildman–Crippen MR) is 57.1 cm³/mol. The fourth-order valence-electron chi connectivity index (χ4n) is 1.58. The Labute approximate surface area is 90.5 Å². The number of phenolic OH excluding ortho intramolecular Hbond substituents is 2. The molecule has 0 radical (unpaired) electrons. The molecule has 0 aliphatic carbocycles. The van der Waals surface area contributed by atoms with Crippen LogP contribution < -0.4 is 10.2 Å². The van der Waals surface area contributed by atoms with Gasteiger partial charge in [0.05, 0.1) is 7.11 Å². The molecule has 2 aromatic rings. The summed E-state index contributed by atoms with van der Waals surface area (Å²) in [5, 5.41) is 19.1. The SMILES string of the molecule is COc1c(O)c(O)cc2oc(C)cc(=O)c12. The Balaban J connectivity index is 3.03. The largest absolute Gasteiger partial charge is 0.504 e. The number of aromatic hydroxyl groups is 2. The lowest BCUT2D eigenvalue weighted by molar-refractivity contribution is 0.353. The summed E-state index contributed by atoms with van der Waals surface area (Å²) in [7, 11) is 1.30. The highest BCUT2D eigenvalue weighted by Crippen LogP contribution is 2.40. The van der Waals surface area contributed by atoms with Crippen LogP contribution in [0.15, 0.2) is 21.3 Å². The topological polar surface area (TPSA) is 79.9 Å². The predicted octanol–water partition coefficient (Wildman–Crippen LogP) is 1.52. The summed E-state index contributed by atoms with van der Waals surface area (Å²) < 4.78 is 10.2. The second-order valence-electron chi connectivity index (χ2n) is 3.37. The molecule has 0 aliphatic heterocycles. The summed E-state index contributed by atoms with van der Waals surface area (Å²) in [5.41, 5.74) is -0.150. The molecule has 5 nitrogen and oxygen atoms in total. The van der Waals surface area contributed by atoms with Crippen LogP contribution in [0.5, 0.6) is 17.2 Å². The summed E-state index contributed by atoms with van der Waals surface area (Å²) in [5.74, 6) is -0.516. The molecule has 0 amide bonds. The van der Waals surface area contributed by atoms with Gasteiger partial charge in [-0.1, -0.05) is 0 Å². The molecule has 2 N–H and O–H groups in total. The maximum atomic E-state index is 11.7. The smallest absolute Gasteiger partial charge is 0.201 e. The van der Waals surface area contributed by atoms with E-state index in [9.17, 15) is 15.0 Å². The lowest BCUT2D eigenvalue weighted by Crippen LogP contribution is -2.02. The first-order valence-electron chi connectivity index (χ1n) is 4.58. The Morgan fingerprint density at radius 1 is 1.31 bits per heavy atom. The molecule has 1 aromatic carbocycles. The van der Waals surface area contributed by atoms with Crippen LogP contribution in [0.25, 0.3) is 11.0 Å². The van der Waals surface area contributed by atoms with Crippen LogP contribution in [0.2, 0.25) is 0 Å². The van der Waals surface area contributed by atoms with Crippen molar-refractivity contribution in [3.63, 3.8) is 0 Å². The third-order valence-corrected chi connectivity index (χ3v) is 2.25. The molecule has 1 aromatic heterocycles. The van der Waals surface area contributed by atoms with Gasteiger partial charge in [-0.25, -0.2) is 0 Å². The number of ether oxygens (including phenoxy) is 1. The Kier molecular flexibility index (Phi) is 2.23. The fraction of sp³-hybridized carbons (Fsp3) is 0.182. The fourth-order valence-corrected chi connectivity index (χ4v) is 1.58. The Morgan fingerprint density at radius 3 is 2.62 bits per heavy atom. The Bertz CT molecular complexity index is 612. The molecule has 0 bridgehead atoms. The monoisotopic (exact) mass is 222 g/mol. The molecule has 0 spiro atoms. The van der Waals surface area contributed by atoms with E-state index >= 15 is 0 Å². The molecule has 0 fully saturated rings. The number of rotatable bonds is 1. The van der Waals surface area contributed by atoms with E-state index in [2.05, 4.69) is 0 Å². The molecule has 0 aliphatic rings. The zero-order valence-corrected chi connectivity index (χ0v) is 8.77. The van der Waals surface area contributed by atoms with Crippen LogP contribution >= 0.6 is 0 Å². The van der Waals surface area contributed by atoms with E-state index in [1.807, 2.05) is 0 Å². The van der Waals surface area contributed by atoms with Crippen LogP contribution in [-0.2, 0) is 0 Å². The van der Waals surface area contributed by atoms with Gasteiger partial charge in [-0.3, -0.25) is 4.79 Å². The number of hydrogen-bond acceptors (Lipinski definition) is 5. The Morgan fingerprint density at radius 2 is 2.00 bits per heavy atom. The van der Waals surface area contributed by atoms with Gasteiger partial charge in [-0.05, 0) is 6.92 Å².